The van der Waals surface area contributed by atoms with Crippen LogP contribution in [0, 0.1) is 20.8 Å². The predicted molar refractivity (Wildman–Crippen MR) is 156 cm³/mol. The van der Waals surface area contributed by atoms with E-state index in [0.29, 0.717) is 12.2 Å². The molecule has 0 aromatic heterocycles. The summed E-state index contributed by atoms with van der Waals surface area (Å²) in [6, 6.07) is 20.4. The molecule has 3 aromatic carbocycles. The molecule has 1 N–H and O–H groups in total. The van der Waals surface area contributed by atoms with Crippen LogP contribution in [-0.4, -0.2) is 44.3 Å². The molecule has 0 saturated carbocycles. The largest absolute Gasteiger partial charge is 0.354 e. The van der Waals surface area contributed by atoms with Gasteiger partial charge in [-0.3, -0.25) is 13.9 Å². The highest BCUT2D eigenvalue weighted by Gasteiger charge is 2.33. The Morgan fingerprint density at radius 2 is 1.62 bits per heavy atom. The van der Waals surface area contributed by atoms with E-state index in [1.54, 1.807) is 37.3 Å². The average molecular weight is 550 g/mol. The summed E-state index contributed by atoms with van der Waals surface area (Å²) in [7, 11) is -4.08. The summed E-state index contributed by atoms with van der Waals surface area (Å²) in [6.45, 7) is 9.68. The molecule has 0 heterocycles. The van der Waals surface area contributed by atoms with Crippen molar-refractivity contribution < 1.29 is 18.0 Å². The monoisotopic (exact) mass is 549 g/mol. The number of nitrogens with one attached hydrogen (secondary N) is 1. The van der Waals surface area contributed by atoms with Crippen molar-refractivity contribution in [1.29, 1.82) is 0 Å². The molecule has 0 aliphatic rings. The molecule has 3 aromatic rings. The summed E-state index contributed by atoms with van der Waals surface area (Å²) < 4.78 is 29.0. The van der Waals surface area contributed by atoms with Gasteiger partial charge in [0, 0.05) is 13.1 Å². The van der Waals surface area contributed by atoms with Gasteiger partial charge >= 0.3 is 0 Å². The summed E-state index contributed by atoms with van der Waals surface area (Å²) in [6.07, 6.45) is 1.77. The molecule has 0 spiro atoms. The van der Waals surface area contributed by atoms with Crippen molar-refractivity contribution in [3.8, 4) is 0 Å². The lowest BCUT2D eigenvalue weighted by molar-refractivity contribution is -0.139. The number of hydrogen-bond acceptors (Lipinski definition) is 4. The fourth-order valence-electron chi connectivity index (χ4n) is 4.36. The minimum Gasteiger partial charge on any atom is -0.354 e. The van der Waals surface area contributed by atoms with Crippen molar-refractivity contribution >= 4 is 27.5 Å². The number of carbonyl (C=O) groups is 2. The first kappa shape index (κ1) is 29.9. The zero-order valence-corrected chi connectivity index (χ0v) is 24.3. The van der Waals surface area contributed by atoms with E-state index in [1.165, 1.54) is 17.0 Å². The third-order valence-corrected chi connectivity index (χ3v) is 8.66. The zero-order valence-electron chi connectivity index (χ0n) is 23.5. The summed E-state index contributed by atoms with van der Waals surface area (Å²) >= 11 is 0. The van der Waals surface area contributed by atoms with Crippen LogP contribution in [0.15, 0.2) is 77.7 Å². The average Bonchev–Trinajstić information content (AvgIpc) is 2.92. The molecule has 0 aliphatic carbocycles. The number of carbonyl (C=O) groups excluding carboxylic acids is 2. The molecule has 0 fully saturated rings. The van der Waals surface area contributed by atoms with Gasteiger partial charge in [-0.05, 0) is 69.0 Å². The van der Waals surface area contributed by atoms with Crippen molar-refractivity contribution in [3.63, 3.8) is 0 Å². The molecular formula is C31H39N3O4S. The molecule has 0 bridgehead atoms. The first-order chi connectivity index (χ1) is 18.6. The number of amides is 2. The summed E-state index contributed by atoms with van der Waals surface area (Å²) in [4.78, 5) is 28.6. The highest BCUT2D eigenvalue weighted by Crippen LogP contribution is 2.29. The van der Waals surface area contributed by atoms with Crippen molar-refractivity contribution in [2.24, 2.45) is 0 Å². The molecular weight excluding hydrogens is 510 g/mol. The summed E-state index contributed by atoms with van der Waals surface area (Å²) in [5, 5.41) is 2.91. The molecule has 7 nitrogen and oxygen atoms in total. The van der Waals surface area contributed by atoms with E-state index in [0.717, 1.165) is 39.4 Å². The second-order valence-electron chi connectivity index (χ2n) is 9.88. The van der Waals surface area contributed by atoms with Crippen LogP contribution in [0.2, 0.25) is 0 Å². The fourth-order valence-corrected chi connectivity index (χ4v) is 5.86. The molecule has 0 radical (unpaired) electrons. The van der Waals surface area contributed by atoms with Crippen LogP contribution in [0.1, 0.15) is 48.9 Å². The number of benzene rings is 3. The SMILES string of the molecule is CCCCNC(=O)C(C)N(Cc1cccc(C)c1)C(=O)CN(c1cccc(C)c1C)S(=O)(=O)c1ccccc1. The van der Waals surface area contributed by atoms with Gasteiger partial charge in [-0.1, -0.05) is 73.5 Å². The topological polar surface area (TPSA) is 86.8 Å². The van der Waals surface area contributed by atoms with E-state index in [-0.39, 0.29) is 17.3 Å². The van der Waals surface area contributed by atoms with E-state index in [1.807, 2.05) is 58.0 Å². The van der Waals surface area contributed by atoms with Crippen LogP contribution in [0.5, 0.6) is 0 Å². The Bertz CT molecular complexity index is 1390. The van der Waals surface area contributed by atoms with Gasteiger partial charge in [0.05, 0.1) is 10.6 Å². The van der Waals surface area contributed by atoms with Crippen LogP contribution in [-0.2, 0) is 26.2 Å². The minimum atomic E-state index is -4.08. The highest BCUT2D eigenvalue weighted by molar-refractivity contribution is 7.92. The van der Waals surface area contributed by atoms with Gasteiger partial charge in [0.2, 0.25) is 11.8 Å². The van der Waals surface area contributed by atoms with E-state index in [9.17, 15) is 18.0 Å². The predicted octanol–water partition coefficient (Wildman–Crippen LogP) is 5.14. The molecule has 8 heteroatoms. The lowest BCUT2D eigenvalue weighted by Crippen LogP contribution is -2.51. The normalized spacial score (nSPS) is 12.0. The molecule has 2 amide bonds. The van der Waals surface area contributed by atoms with Crippen molar-refractivity contribution in [2.45, 2.75) is 64.9 Å². The second-order valence-corrected chi connectivity index (χ2v) is 11.7. The number of unbranched alkanes of at least 4 members (excludes halogenated alkanes) is 1. The van der Waals surface area contributed by atoms with Gasteiger partial charge in [0.1, 0.15) is 12.6 Å². The zero-order chi connectivity index (χ0) is 28.6. The molecule has 39 heavy (non-hydrogen) atoms. The van der Waals surface area contributed by atoms with Crippen molar-refractivity contribution in [3.05, 3.63) is 95.1 Å². The van der Waals surface area contributed by atoms with Crippen LogP contribution in [0.4, 0.5) is 5.69 Å². The Kier molecular flexibility index (Phi) is 10.3. The van der Waals surface area contributed by atoms with Gasteiger partial charge in [0.25, 0.3) is 10.0 Å². The van der Waals surface area contributed by atoms with Crippen LogP contribution in [0.3, 0.4) is 0 Å². The maximum atomic E-state index is 14.0. The molecule has 0 aliphatic heterocycles. The first-order valence-corrected chi connectivity index (χ1v) is 14.8. The number of rotatable bonds is 12. The third kappa shape index (κ3) is 7.47. The molecule has 1 atom stereocenters. The Morgan fingerprint density at radius 3 is 2.28 bits per heavy atom. The van der Waals surface area contributed by atoms with E-state index in [2.05, 4.69) is 5.32 Å². The maximum absolute atomic E-state index is 14.0. The maximum Gasteiger partial charge on any atom is 0.264 e. The number of sulfonamides is 1. The fraction of sp³-hybridized carbons (Fsp3) is 0.355. The Labute approximate surface area is 232 Å². The van der Waals surface area contributed by atoms with Gasteiger partial charge in [-0.15, -0.1) is 0 Å². The Morgan fingerprint density at radius 1 is 0.923 bits per heavy atom. The number of anilines is 1. The Balaban J connectivity index is 2.03. The van der Waals surface area contributed by atoms with Gasteiger partial charge < -0.3 is 10.2 Å². The molecule has 1 unspecified atom stereocenters. The molecule has 0 saturated heterocycles. The van der Waals surface area contributed by atoms with Crippen molar-refractivity contribution in [2.75, 3.05) is 17.4 Å². The smallest absolute Gasteiger partial charge is 0.264 e. The molecule has 208 valence electrons. The van der Waals surface area contributed by atoms with Crippen LogP contribution >= 0.6 is 0 Å². The Hall–Kier alpha value is -3.65. The first-order valence-electron chi connectivity index (χ1n) is 13.3. The van der Waals surface area contributed by atoms with Crippen LogP contribution < -0.4 is 9.62 Å². The van der Waals surface area contributed by atoms with Crippen molar-refractivity contribution in [1.82, 2.24) is 10.2 Å². The summed E-state index contributed by atoms with van der Waals surface area (Å²) in [5.41, 5.74) is 4.00. The number of aryl methyl sites for hydroxylation is 2. The van der Waals surface area contributed by atoms with Crippen LogP contribution in [0.25, 0.3) is 0 Å². The minimum absolute atomic E-state index is 0.0919. The van der Waals surface area contributed by atoms with E-state index < -0.39 is 28.5 Å². The van der Waals surface area contributed by atoms with Gasteiger partial charge in [-0.2, -0.15) is 0 Å². The summed E-state index contributed by atoms with van der Waals surface area (Å²) in [5.74, 6) is -0.733. The lowest BCUT2D eigenvalue weighted by Gasteiger charge is -2.32. The number of nitrogens with zero attached hydrogens (tertiary/aromatic N) is 2. The van der Waals surface area contributed by atoms with E-state index >= 15 is 0 Å². The quantitative estimate of drug-likeness (QED) is 0.317. The second kappa shape index (κ2) is 13.4. The lowest BCUT2D eigenvalue weighted by atomic mass is 10.1. The van der Waals surface area contributed by atoms with Gasteiger partial charge in [-0.25, -0.2) is 8.42 Å². The van der Waals surface area contributed by atoms with Gasteiger partial charge in [0.15, 0.2) is 0 Å². The highest BCUT2D eigenvalue weighted by atomic mass is 32.2. The van der Waals surface area contributed by atoms with E-state index in [4.69, 9.17) is 0 Å². The third-order valence-electron chi connectivity index (χ3n) is 6.89. The standard InChI is InChI=1S/C31H39N3O4S/c1-6-7-19-32-31(36)26(5)33(21-27-15-11-13-23(2)20-27)30(35)22-34(29-18-12-14-24(3)25(29)4)39(37,38)28-16-9-8-10-17-28/h8-18,20,26H,6-7,19,21-22H2,1-5H3,(H,32,36). The number of hydrogen-bond donors (Lipinski definition) is 1. The molecule has 3 rings (SSSR count).